The van der Waals surface area contributed by atoms with Gasteiger partial charge in [0, 0.05) is 19.5 Å². The van der Waals surface area contributed by atoms with E-state index in [1.54, 1.807) is 0 Å². The molecule has 0 aromatic rings. The van der Waals surface area contributed by atoms with Gasteiger partial charge in [-0.25, -0.2) is 4.79 Å². The van der Waals surface area contributed by atoms with Crippen molar-refractivity contribution in [2.45, 2.75) is 64.1 Å². The maximum atomic E-state index is 13.0. The molecule has 0 aliphatic heterocycles. The fourth-order valence-electron chi connectivity index (χ4n) is 4.60. The average molecular weight is 397 g/mol. The van der Waals surface area contributed by atoms with Gasteiger partial charge in [-0.3, -0.25) is 14.4 Å². The van der Waals surface area contributed by atoms with Gasteiger partial charge in [0.25, 0.3) is 5.91 Å². The minimum Gasteiger partial charge on any atom is -0.481 e. The van der Waals surface area contributed by atoms with Crippen molar-refractivity contribution in [1.82, 2.24) is 10.2 Å². The van der Waals surface area contributed by atoms with E-state index in [2.05, 4.69) is 19.2 Å². The number of nitrogens with zero attached hydrogens (tertiary/aromatic N) is 1. The number of carboxylic acid groups (broad SMARTS) is 1. The van der Waals surface area contributed by atoms with E-state index in [9.17, 15) is 19.2 Å². The Labute approximate surface area is 165 Å². The molecule has 9 heteroatoms. The molecular weight excluding hydrogens is 366 g/mol. The monoisotopic (exact) mass is 397 g/mol. The maximum absolute atomic E-state index is 13.0. The Balaban J connectivity index is 2.19. The summed E-state index contributed by atoms with van der Waals surface area (Å²) in [6.45, 7) is 6.16. The lowest BCUT2D eigenvalue weighted by Gasteiger charge is -2.66. The Bertz CT molecular complexity index is 677. The van der Waals surface area contributed by atoms with Crippen molar-refractivity contribution in [3.63, 3.8) is 0 Å². The molecule has 0 aromatic heterocycles. The summed E-state index contributed by atoms with van der Waals surface area (Å²) in [5, 5.41) is 11.1. The Morgan fingerprint density at radius 1 is 1.25 bits per heavy atom. The minimum absolute atomic E-state index is 0.136. The quantitative estimate of drug-likeness (QED) is 0.409. The van der Waals surface area contributed by atoms with E-state index in [4.69, 9.17) is 15.6 Å². The molecule has 4 N–H and O–H groups in total. The Hall–Kier alpha value is -2.16. The highest BCUT2D eigenvalue weighted by Crippen LogP contribution is 2.65. The number of fused-ring (bicyclic) bond motifs is 2. The topological polar surface area (TPSA) is 139 Å². The number of nitrogens with one attached hydrogen (secondary N) is 1. The molecule has 2 amide bonds. The van der Waals surface area contributed by atoms with Crippen molar-refractivity contribution >= 4 is 23.8 Å². The van der Waals surface area contributed by atoms with Crippen LogP contribution in [0.3, 0.4) is 0 Å². The molecule has 0 spiro atoms. The first-order valence-corrected chi connectivity index (χ1v) is 9.55. The van der Waals surface area contributed by atoms with Crippen LogP contribution in [0, 0.1) is 17.3 Å². The van der Waals surface area contributed by atoms with Crippen LogP contribution >= 0.6 is 0 Å². The molecule has 2 bridgehead atoms. The van der Waals surface area contributed by atoms with Gasteiger partial charge in [-0.15, -0.1) is 0 Å². The van der Waals surface area contributed by atoms with Crippen LogP contribution in [-0.2, 0) is 23.9 Å². The fourth-order valence-corrected chi connectivity index (χ4v) is 4.60. The second-order valence-corrected chi connectivity index (χ2v) is 8.79. The number of ether oxygens (including phenoxy) is 1. The molecule has 3 aliphatic rings. The number of carboxylic acids is 1. The summed E-state index contributed by atoms with van der Waals surface area (Å²) in [6, 6.07) is -2.94. The zero-order valence-electron chi connectivity index (χ0n) is 17.2. The van der Waals surface area contributed by atoms with Crippen LogP contribution in [0.1, 0.15) is 46.5 Å². The van der Waals surface area contributed by atoms with E-state index in [1.807, 2.05) is 6.92 Å². The van der Waals surface area contributed by atoms with Crippen LogP contribution in [0.25, 0.3) is 0 Å². The lowest BCUT2D eigenvalue weighted by molar-refractivity contribution is -0.268. The maximum Gasteiger partial charge on any atom is 0.339 e. The van der Waals surface area contributed by atoms with E-state index >= 15 is 0 Å². The number of hydrogen-bond acceptors (Lipinski definition) is 6. The van der Waals surface area contributed by atoms with E-state index in [1.165, 1.54) is 19.0 Å². The van der Waals surface area contributed by atoms with Crippen molar-refractivity contribution in [2.24, 2.45) is 23.0 Å². The predicted octanol–water partition coefficient (Wildman–Crippen LogP) is 0.119. The zero-order chi connectivity index (χ0) is 21.4. The molecule has 0 aromatic carbocycles. The van der Waals surface area contributed by atoms with Crippen LogP contribution in [0.15, 0.2) is 0 Å². The van der Waals surface area contributed by atoms with E-state index in [-0.39, 0.29) is 11.3 Å². The van der Waals surface area contributed by atoms with Crippen LogP contribution in [0.2, 0.25) is 0 Å². The Kier molecular flexibility index (Phi) is 6.08. The summed E-state index contributed by atoms with van der Waals surface area (Å²) in [5.41, 5.74) is 4.67. The minimum atomic E-state index is -1.57. The number of likely N-dealkylation sites (N-methyl/N-ethyl adjacent to an activating group) is 1. The highest BCUT2D eigenvalue weighted by atomic mass is 16.6. The summed E-state index contributed by atoms with van der Waals surface area (Å²) in [6.07, 6.45) is 2.14. The summed E-state index contributed by atoms with van der Waals surface area (Å²) in [7, 11) is 2.91. The molecule has 158 valence electrons. The van der Waals surface area contributed by atoms with Gasteiger partial charge in [-0.1, -0.05) is 20.8 Å². The SMILES string of the molecule is CC1CCC2CC1(OC(=O)C(NC(=O)[C@@H](N)CC(=O)O)C(=O)N(C)C)C2(C)C. The number of nitrogens with two attached hydrogens (primary N) is 1. The van der Waals surface area contributed by atoms with Gasteiger partial charge in [-0.2, -0.15) is 0 Å². The highest BCUT2D eigenvalue weighted by molar-refractivity contribution is 6.05. The van der Waals surface area contributed by atoms with Crippen molar-refractivity contribution in [3.05, 3.63) is 0 Å². The normalized spacial score (nSPS) is 29.6. The van der Waals surface area contributed by atoms with Gasteiger partial charge in [0.1, 0.15) is 5.60 Å². The van der Waals surface area contributed by atoms with Gasteiger partial charge in [0.2, 0.25) is 11.9 Å². The zero-order valence-corrected chi connectivity index (χ0v) is 17.2. The third kappa shape index (κ3) is 3.72. The molecule has 4 unspecified atom stereocenters. The summed E-state index contributed by atoms with van der Waals surface area (Å²) in [4.78, 5) is 49.6. The molecule has 3 saturated carbocycles. The lowest BCUT2D eigenvalue weighted by atomic mass is 9.42. The van der Waals surface area contributed by atoms with E-state index in [0.717, 1.165) is 19.3 Å². The number of esters is 1. The second-order valence-electron chi connectivity index (χ2n) is 8.79. The number of aliphatic carboxylic acids is 1. The fraction of sp³-hybridized carbons (Fsp3) is 0.789. The van der Waals surface area contributed by atoms with Crippen molar-refractivity contribution in [3.8, 4) is 0 Å². The van der Waals surface area contributed by atoms with Crippen molar-refractivity contribution < 1.29 is 29.0 Å². The number of hydrogen-bond donors (Lipinski definition) is 3. The third-order valence-corrected chi connectivity index (χ3v) is 6.63. The van der Waals surface area contributed by atoms with Gasteiger partial charge in [0.15, 0.2) is 0 Å². The number of amides is 2. The summed E-state index contributed by atoms with van der Waals surface area (Å²) >= 11 is 0. The predicted molar refractivity (Wildman–Crippen MR) is 100.0 cm³/mol. The molecule has 0 radical (unpaired) electrons. The van der Waals surface area contributed by atoms with Crippen molar-refractivity contribution in [2.75, 3.05) is 14.1 Å². The van der Waals surface area contributed by atoms with Crippen LogP contribution < -0.4 is 11.1 Å². The molecule has 5 atom stereocenters. The molecule has 28 heavy (non-hydrogen) atoms. The van der Waals surface area contributed by atoms with Gasteiger partial charge >= 0.3 is 11.9 Å². The standard InChI is InChI=1S/C19H31N3O6/c1-10-6-7-11-9-19(10,18(11,2)3)28-17(27)14(16(26)22(4)5)21-15(25)12(20)8-13(23)24/h10-12,14H,6-9,20H2,1-5H3,(H,21,25)(H,23,24)/t10?,11?,12-,14?,19?/m0/s1. The van der Waals surface area contributed by atoms with Gasteiger partial charge in [0.05, 0.1) is 12.5 Å². The largest absolute Gasteiger partial charge is 0.481 e. The van der Waals surface area contributed by atoms with E-state index in [0.29, 0.717) is 5.92 Å². The molecule has 0 heterocycles. The molecule has 3 aliphatic carbocycles. The second kappa shape index (κ2) is 7.69. The summed E-state index contributed by atoms with van der Waals surface area (Å²) < 4.78 is 5.91. The number of carbonyl (C=O) groups is 4. The van der Waals surface area contributed by atoms with Crippen LogP contribution in [-0.4, -0.2) is 65.5 Å². The van der Waals surface area contributed by atoms with E-state index < -0.39 is 47.9 Å². The first-order chi connectivity index (χ1) is 12.8. The first-order valence-electron chi connectivity index (χ1n) is 9.55. The average Bonchev–Trinajstić information content (AvgIpc) is 2.59. The molecule has 3 fully saturated rings. The Morgan fingerprint density at radius 3 is 2.32 bits per heavy atom. The smallest absolute Gasteiger partial charge is 0.339 e. The number of rotatable bonds is 7. The third-order valence-electron chi connectivity index (χ3n) is 6.63. The highest BCUT2D eigenvalue weighted by Gasteiger charge is 2.67. The van der Waals surface area contributed by atoms with Gasteiger partial charge < -0.3 is 25.8 Å². The van der Waals surface area contributed by atoms with Crippen LogP contribution in [0.4, 0.5) is 0 Å². The first kappa shape index (κ1) is 22.1. The molecule has 0 saturated heterocycles. The van der Waals surface area contributed by atoms with Gasteiger partial charge in [-0.05, 0) is 31.1 Å². The molecule has 3 rings (SSSR count). The number of carbonyl (C=O) groups excluding carboxylic acids is 3. The lowest BCUT2D eigenvalue weighted by Crippen LogP contribution is -2.70. The van der Waals surface area contributed by atoms with Crippen molar-refractivity contribution in [1.29, 1.82) is 0 Å². The molecule has 9 nitrogen and oxygen atoms in total. The molecular formula is C19H31N3O6. The Morgan fingerprint density at radius 2 is 1.86 bits per heavy atom. The van der Waals surface area contributed by atoms with Crippen LogP contribution in [0.5, 0.6) is 0 Å². The summed E-state index contributed by atoms with van der Waals surface area (Å²) in [5.74, 6) is -3.05.